The number of nitro groups is 1. The number of carbonyl (C=O) groups is 4. The van der Waals surface area contributed by atoms with Crippen molar-refractivity contribution >= 4 is 35.1 Å². The molecule has 10 heteroatoms. The maximum absolute atomic E-state index is 12.7. The van der Waals surface area contributed by atoms with Gasteiger partial charge in [-0.3, -0.25) is 34.2 Å². The van der Waals surface area contributed by atoms with Crippen molar-refractivity contribution in [3.05, 3.63) is 94.0 Å². The molecule has 3 amide bonds. The number of para-hydroxylation sites is 1. The molecule has 0 saturated carbocycles. The molecule has 1 aliphatic rings. The molecule has 0 unspecified atom stereocenters. The Morgan fingerprint density at radius 3 is 2.33 bits per heavy atom. The van der Waals surface area contributed by atoms with Crippen LogP contribution in [0, 0.1) is 10.1 Å². The Morgan fingerprint density at radius 1 is 0.944 bits per heavy atom. The van der Waals surface area contributed by atoms with Gasteiger partial charge in [-0.1, -0.05) is 54.6 Å². The molecule has 3 aromatic rings. The lowest BCUT2D eigenvalue weighted by molar-refractivity contribution is -0.385. The lowest BCUT2D eigenvalue weighted by Crippen LogP contribution is -2.34. The standard InChI is InChI=1S/C26H21N3O7/c1-16(24(31)27-20-12-6-5-10-18(20)17-8-3-2-4-9-17)36-22(30)14-15-28-25(32)19-11-7-13-21(29(34)35)23(19)26(28)33/h2-13,16H,14-15H2,1H3,(H,27,31)/t16-/m1/s1. The Bertz CT molecular complexity index is 1370. The molecular weight excluding hydrogens is 466 g/mol. The highest BCUT2D eigenvalue weighted by Gasteiger charge is 2.41. The third-order valence-corrected chi connectivity index (χ3v) is 5.66. The number of nitrogens with one attached hydrogen (secondary N) is 1. The first-order valence-corrected chi connectivity index (χ1v) is 11.1. The molecule has 36 heavy (non-hydrogen) atoms. The van der Waals surface area contributed by atoms with Crippen LogP contribution in [-0.2, 0) is 14.3 Å². The highest BCUT2D eigenvalue weighted by atomic mass is 16.6. The van der Waals surface area contributed by atoms with Gasteiger partial charge in [0.15, 0.2) is 6.10 Å². The quantitative estimate of drug-likeness (QED) is 0.221. The summed E-state index contributed by atoms with van der Waals surface area (Å²) in [5.41, 5.74) is 1.38. The fraction of sp³-hybridized carbons (Fsp3) is 0.154. The SMILES string of the molecule is C[C@@H](OC(=O)CCN1C(=O)c2cccc([N+](=O)[O-])c2C1=O)C(=O)Nc1ccccc1-c1ccccc1. The minimum atomic E-state index is -1.15. The number of esters is 1. The van der Waals surface area contributed by atoms with E-state index < -0.39 is 40.4 Å². The van der Waals surface area contributed by atoms with Gasteiger partial charge in [0.2, 0.25) is 0 Å². The summed E-state index contributed by atoms with van der Waals surface area (Å²) >= 11 is 0. The van der Waals surface area contributed by atoms with Crippen LogP contribution in [0.3, 0.4) is 0 Å². The van der Waals surface area contributed by atoms with E-state index in [4.69, 9.17) is 4.74 Å². The summed E-state index contributed by atoms with van der Waals surface area (Å²) in [4.78, 5) is 61.4. The number of hydrogen-bond acceptors (Lipinski definition) is 7. The summed E-state index contributed by atoms with van der Waals surface area (Å²) in [7, 11) is 0. The molecule has 1 N–H and O–H groups in total. The van der Waals surface area contributed by atoms with E-state index in [2.05, 4.69) is 5.32 Å². The van der Waals surface area contributed by atoms with Crippen molar-refractivity contribution < 1.29 is 28.8 Å². The highest BCUT2D eigenvalue weighted by molar-refractivity contribution is 6.23. The second-order valence-corrected chi connectivity index (χ2v) is 8.00. The van der Waals surface area contributed by atoms with Gasteiger partial charge >= 0.3 is 5.97 Å². The number of fused-ring (bicyclic) bond motifs is 1. The maximum atomic E-state index is 12.7. The van der Waals surface area contributed by atoms with Crippen molar-refractivity contribution in [2.24, 2.45) is 0 Å². The lowest BCUT2D eigenvalue weighted by Gasteiger charge is -2.17. The number of carbonyl (C=O) groups excluding carboxylic acids is 4. The van der Waals surface area contributed by atoms with E-state index in [0.717, 1.165) is 22.1 Å². The number of nitrogens with zero attached hydrogens (tertiary/aromatic N) is 2. The summed E-state index contributed by atoms with van der Waals surface area (Å²) in [5.74, 6) is -2.93. The smallest absolute Gasteiger partial charge is 0.308 e. The van der Waals surface area contributed by atoms with Crippen molar-refractivity contribution in [3.8, 4) is 11.1 Å². The fourth-order valence-corrected chi connectivity index (χ4v) is 3.88. The Labute approximate surface area is 205 Å². The number of hydrogen-bond donors (Lipinski definition) is 1. The van der Waals surface area contributed by atoms with Gasteiger partial charge in [-0.25, -0.2) is 0 Å². The average Bonchev–Trinajstić information content (AvgIpc) is 3.12. The molecular formula is C26H21N3O7. The van der Waals surface area contributed by atoms with E-state index in [-0.39, 0.29) is 24.1 Å². The van der Waals surface area contributed by atoms with E-state index >= 15 is 0 Å². The number of imide groups is 1. The Hall–Kier alpha value is -4.86. The third-order valence-electron chi connectivity index (χ3n) is 5.66. The van der Waals surface area contributed by atoms with Crippen molar-refractivity contribution in [2.45, 2.75) is 19.4 Å². The summed E-state index contributed by atoms with van der Waals surface area (Å²) in [6.45, 7) is 1.07. The first-order valence-electron chi connectivity index (χ1n) is 11.1. The molecule has 10 nitrogen and oxygen atoms in total. The number of rotatable bonds is 8. The summed E-state index contributed by atoms with van der Waals surface area (Å²) in [6, 6.07) is 20.4. The van der Waals surface area contributed by atoms with E-state index in [9.17, 15) is 29.3 Å². The van der Waals surface area contributed by atoms with Gasteiger partial charge in [-0.05, 0) is 24.6 Å². The molecule has 1 aliphatic heterocycles. The minimum absolute atomic E-state index is 0.0904. The van der Waals surface area contributed by atoms with Crippen LogP contribution in [0.25, 0.3) is 11.1 Å². The second-order valence-electron chi connectivity index (χ2n) is 8.00. The van der Waals surface area contributed by atoms with Crippen LogP contribution >= 0.6 is 0 Å². The van der Waals surface area contributed by atoms with Crippen LogP contribution in [0.5, 0.6) is 0 Å². The van der Waals surface area contributed by atoms with Crippen LogP contribution in [0.1, 0.15) is 34.1 Å². The summed E-state index contributed by atoms with van der Waals surface area (Å²) in [6.07, 6.45) is -1.53. The number of benzene rings is 3. The van der Waals surface area contributed by atoms with Crippen LogP contribution in [0.15, 0.2) is 72.8 Å². The highest BCUT2D eigenvalue weighted by Crippen LogP contribution is 2.31. The van der Waals surface area contributed by atoms with Gasteiger partial charge in [-0.2, -0.15) is 0 Å². The predicted molar refractivity (Wildman–Crippen MR) is 129 cm³/mol. The zero-order valence-corrected chi connectivity index (χ0v) is 19.2. The van der Waals surface area contributed by atoms with E-state index in [1.807, 2.05) is 42.5 Å². The van der Waals surface area contributed by atoms with Crippen molar-refractivity contribution in [3.63, 3.8) is 0 Å². The molecule has 4 rings (SSSR count). The van der Waals surface area contributed by atoms with Gasteiger partial charge in [0.05, 0.1) is 16.9 Å². The molecule has 1 heterocycles. The van der Waals surface area contributed by atoms with E-state index in [1.165, 1.54) is 19.1 Å². The van der Waals surface area contributed by atoms with Gasteiger partial charge in [0, 0.05) is 23.9 Å². The number of ether oxygens (including phenoxy) is 1. The molecule has 1 atom stereocenters. The number of nitro benzene ring substituents is 1. The molecule has 0 aliphatic carbocycles. The monoisotopic (exact) mass is 487 g/mol. The zero-order chi connectivity index (χ0) is 25.8. The topological polar surface area (TPSA) is 136 Å². The van der Waals surface area contributed by atoms with Gasteiger partial charge in [-0.15, -0.1) is 0 Å². The molecule has 3 aromatic carbocycles. The molecule has 0 bridgehead atoms. The predicted octanol–water partition coefficient (Wildman–Crippen LogP) is 3.82. The first-order chi connectivity index (χ1) is 17.3. The van der Waals surface area contributed by atoms with Crippen LogP contribution in [-0.4, -0.2) is 46.2 Å². The lowest BCUT2D eigenvalue weighted by atomic mass is 10.0. The van der Waals surface area contributed by atoms with Crippen molar-refractivity contribution in [2.75, 3.05) is 11.9 Å². The molecule has 0 saturated heterocycles. The van der Waals surface area contributed by atoms with Crippen LogP contribution in [0.2, 0.25) is 0 Å². The summed E-state index contributed by atoms with van der Waals surface area (Å²) < 4.78 is 5.19. The number of anilines is 1. The molecule has 182 valence electrons. The van der Waals surface area contributed by atoms with Crippen LogP contribution < -0.4 is 5.32 Å². The van der Waals surface area contributed by atoms with E-state index in [0.29, 0.717) is 5.69 Å². The Kier molecular flexibility index (Phi) is 6.86. The van der Waals surface area contributed by atoms with Crippen molar-refractivity contribution in [1.29, 1.82) is 0 Å². The average molecular weight is 487 g/mol. The van der Waals surface area contributed by atoms with Crippen LogP contribution in [0.4, 0.5) is 11.4 Å². The Morgan fingerprint density at radius 2 is 1.61 bits per heavy atom. The van der Waals surface area contributed by atoms with Gasteiger partial charge in [0.25, 0.3) is 23.4 Å². The summed E-state index contributed by atoms with van der Waals surface area (Å²) in [5, 5.41) is 14.0. The number of amides is 3. The molecule has 0 spiro atoms. The third kappa shape index (κ3) is 4.83. The largest absolute Gasteiger partial charge is 0.452 e. The second kappa shape index (κ2) is 10.2. The molecule has 0 aromatic heterocycles. The normalized spacial score (nSPS) is 13.2. The minimum Gasteiger partial charge on any atom is -0.452 e. The zero-order valence-electron chi connectivity index (χ0n) is 19.2. The Balaban J connectivity index is 1.36. The molecule has 0 fully saturated rings. The maximum Gasteiger partial charge on any atom is 0.308 e. The first kappa shape index (κ1) is 24.3. The van der Waals surface area contributed by atoms with Crippen molar-refractivity contribution in [1.82, 2.24) is 4.90 Å². The molecule has 0 radical (unpaired) electrons. The fourth-order valence-electron chi connectivity index (χ4n) is 3.88. The van der Waals surface area contributed by atoms with E-state index in [1.54, 1.807) is 12.1 Å². The van der Waals surface area contributed by atoms with Gasteiger partial charge in [0.1, 0.15) is 5.56 Å². The van der Waals surface area contributed by atoms with Gasteiger partial charge < -0.3 is 10.1 Å².